The number of para-hydroxylation sites is 1. The maximum atomic E-state index is 14.0. The van der Waals surface area contributed by atoms with Crippen molar-refractivity contribution in [3.63, 3.8) is 0 Å². The van der Waals surface area contributed by atoms with Crippen LogP contribution in [0.5, 0.6) is 0 Å². The first-order valence-electron chi connectivity index (χ1n) is 13.0. The SMILES string of the molecule is CCC(C)(CO)C(=O)CN1C(=O)[C@H](NC(=O)NC2=CC(NC)CC=C2)N=C(c2ccccn2)c2ccccc21. The minimum absolute atomic E-state index is 0.0778. The highest BCUT2D eigenvalue weighted by atomic mass is 16.3. The minimum atomic E-state index is -1.34. The van der Waals surface area contributed by atoms with Crippen LogP contribution in [0.2, 0.25) is 0 Å². The second-order valence-electron chi connectivity index (χ2n) is 9.79. The molecule has 2 aliphatic rings. The molecule has 10 heteroatoms. The fraction of sp³-hybridized carbons (Fsp3) is 0.345. The van der Waals surface area contributed by atoms with E-state index in [0.29, 0.717) is 34.8 Å². The molecule has 39 heavy (non-hydrogen) atoms. The van der Waals surface area contributed by atoms with E-state index in [1.165, 1.54) is 4.90 Å². The van der Waals surface area contributed by atoms with Crippen LogP contribution in [0.1, 0.15) is 37.9 Å². The molecule has 4 N–H and O–H groups in total. The number of nitrogens with zero attached hydrogens (tertiary/aromatic N) is 3. The van der Waals surface area contributed by atoms with Crippen LogP contribution in [0.25, 0.3) is 0 Å². The van der Waals surface area contributed by atoms with Gasteiger partial charge in [0.25, 0.3) is 5.91 Å². The molecule has 3 atom stereocenters. The molecule has 1 aromatic heterocycles. The number of amides is 3. The zero-order chi connectivity index (χ0) is 28.0. The quantitative estimate of drug-likeness (QED) is 0.393. The number of nitrogens with one attached hydrogen (secondary N) is 3. The highest BCUT2D eigenvalue weighted by Gasteiger charge is 2.38. The summed E-state index contributed by atoms with van der Waals surface area (Å²) in [5, 5.41) is 18.5. The van der Waals surface area contributed by atoms with Crippen molar-refractivity contribution < 1.29 is 19.5 Å². The Labute approximate surface area is 227 Å². The number of hydrogen-bond acceptors (Lipinski definition) is 7. The number of allylic oxidation sites excluding steroid dienone is 1. The van der Waals surface area contributed by atoms with Crippen LogP contribution < -0.4 is 20.9 Å². The molecule has 0 radical (unpaired) electrons. The standard InChI is InChI=1S/C29H34N6O4/c1-4-29(2,18-36)24(37)17-35-23-14-6-5-12-21(23)25(22-13-7-8-15-31-22)33-26(27(35)38)34-28(39)32-20-11-9-10-19(16-20)30-3/h5-9,11-16,19,26,30,36H,4,10,17-18H2,1-3H3,(H2,32,34,39)/t19?,26-,29?/m0/s1. The van der Waals surface area contributed by atoms with E-state index < -0.39 is 23.5 Å². The molecule has 10 nitrogen and oxygen atoms in total. The minimum Gasteiger partial charge on any atom is -0.395 e. The number of aliphatic hydroxyl groups is 1. The van der Waals surface area contributed by atoms with Gasteiger partial charge in [0.15, 0.2) is 5.78 Å². The Hall–Kier alpha value is -4.15. The Bertz CT molecular complexity index is 1320. The fourth-order valence-electron chi connectivity index (χ4n) is 4.38. The summed E-state index contributed by atoms with van der Waals surface area (Å²) in [4.78, 5) is 50.8. The van der Waals surface area contributed by atoms with Gasteiger partial charge in [-0.15, -0.1) is 0 Å². The van der Waals surface area contributed by atoms with E-state index in [2.05, 4.69) is 25.9 Å². The maximum Gasteiger partial charge on any atom is 0.321 e. The Balaban J connectivity index is 1.73. The van der Waals surface area contributed by atoms with Crippen LogP contribution >= 0.6 is 0 Å². The number of aliphatic imine (C=N–C) groups is 1. The van der Waals surface area contributed by atoms with Crippen LogP contribution in [0.4, 0.5) is 10.5 Å². The molecule has 0 saturated heterocycles. The van der Waals surface area contributed by atoms with Gasteiger partial charge in [-0.2, -0.15) is 0 Å². The summed E-state index contributed by atoms with van der Waals surface area (Å²) < 4.78 is 0. The van der Waals surface area contributed by atoms with Gasteiger partial charge in [-0.25, -0.2) is 9.79 Å². The second kappa shape index (κ2) is 12.1. The average Bonchev–Trinajstić information content (AvgIpc) is 3.08. The molecule has 0 spiro atoms. The van der Waals surface area contributed by atoms with Crippen molar-refractivity contribution in [1.29, 1.82) is 0 Å². The van der Waals surface area contributed by atoms with Gasteiger partial charge in [-0.1, -0.05) is 44.2 Å². The fourth-order valence-corrected chi connectivity index (χ4v) is 4.38. The summed E-state index contributed by atoms with van der Waals surface area (Å²) >= 11 is 0. The Morgan fingerprint density at radius 2 is 1.95 bits per heavy atom. The number of fused-ring (bicyclic) bond motifs is 1. The highest BCUT2D eigenvalue weighted by Crippen LogP contribution is 2.30. The summed E-state index contributed by atoms with van der Waals surface area (Å²) in [6, 6.07) is 11.9. The van der Waals surface area contributed by atoms with Crippen LogP contribution in [0.15, 0.2) is 77.6 Å². The van der Waals surface area contributed by atoms with Crippen LogP contribution in [0, 0.1) is 5.41 Å². The molecule has 204 valence electrons. The van der Waals surface area contributed by atoms with Crippen LogP contribution in [-0.4, -0.2) is 65.9 Å². The Kier molecular flexibility index (Phi) is 8.68. The average molecular weight is 531 g/mol. The molecule has 2 aromatic rings. The molecule has 0 bridgehead atoms. The van der Waals surface area contributed by atoms with E-state index in [-0.39, 0.29) is 25.0 Å². The predicted octanol–water partition coefficient (Wildman–Crippen LogP) is 2.30. The first kappa shape index (κ1) is 27.9. The number of pyridine rings is 1. The lowest BCUT2D eigenvalue weighted by atomic mass is 9.83. The molecule has 2 heterocycles. The summed E-state index contributed by atoms with van der Waals surface area (Å²) in [6.07, 6.45) is 7.12. The number of benzene rings is 1. The molecule has 1 aromatic carbocycles. The molecule has 2 unspecified atom stereocenters. The van der Waals surface area contributed by atoms with Gasteiger partial charge in [0, 0.05) is 23.5 Å². The predicted molar refractivity (Wildman–Crippen MR) is 149 cm³/mol. The van der Waals surface area contributed by atoms with Gasteiger partial charge in [-0.05, 0) is 50.2 Å². The van der Waals surface area contributed by atoms with Crippen molar-refractivity contribution in [2.75, 3.05) is 25.1 Å². The Morgan fingerprint density at radius 1 is 1.18 bits per heavy atom. The van der Waals surface area contributed by atoms with E-state index in [4.69, 9.17) is 0 Å². The third-order valence-corrected chi connectivity index (χ3v) is 7.18. The van der Waals surface area contributed by atoms with Gasteiger partial charge in [0.2, 0.25) is 6.17 Å². The van der Waals surface area contributed by atoms with E-state index in [0.717, 1.165) is 6.42 Å². The number of anilines is 1. The number of benzodiazepines with no additional fused rings is 1. The normalized spacial score (nSPS) is 20.2. The maximum absolute atomic E-state index is 14.0. The van der Waals surface area contributed by atoms with E-state index in [9.17, 15) is 19.5 Å². The summed E-state index contributed by atoms with van der Waals surface area (Å²) in [5.41, 5.74) is 1.56. The van der Waals surface area contributed by atoms with Gasteiger partial charge < -0.3 is 26.0 Å². The van der Waals surface area contributed by atoms with Crippen molar-refractivity contribution in [2.45, 2.75) is 38.9 Å². The van der Waals surface area contributed by atoms with Crippen LogP contribution in [0.3, 0.4) is 0 Å². The third kappa shape index (κ3) is 6.13. The first-order chi connectivity index (χ1) is 18.8. The number of urea groups is 1. The zero-order valence-electron chi connectivity index (χ0n) is 22.3. The van der Waals surface area contributed by atoms with Crippen LogP contribution in [-0.2, 0) is 9.59 Å². The number of likely N-dealkylation sites (N-methyl/N-ethyl adjacent to an activating group) is 1. The van der Waals surface area contributed by atoms with E-state index >= 15 is 0 Å². The second-order valence-corrected chi connectivity index (χ2v) is 9.79. The van der Waals surface area contributed by atoms with Crippen molar-refractivity contribution in [2.24, 2.45) is 10.4 Å². The molecule has 1 aliphatic carbocycles. The number of ketones is 1. The topological polar surface area (TPSA) is 136 Å². The summed E-state index contributed by atoms with van der Waals surface area (Å²) in [6.45, 7) is 2.86. The number of carbonyl (C=O) groups excluding carboxylic acids is 3. The lowest BCUT2D eigenvalue weighted by Crippen LogP contribution is -2.52. The van der Waals surface area contributed by atoms with Gasteiger partial charge in [0.1, 0.15) is 0 Å². The molecule has 0 saturated carbocycles. The highest BCUT2D eigenvalue weighted by molar-refractivity contribution is 6.20. The first-order valence-corrected chi connectivity index (χ1v) is 13.0. The third-order valence-electron chi connectivity index (χ3n) is 7.18. The van der Waals surface area contributed by atoms with Crippen molar-refractivity contribution in [3.05, 3.63) is 83.8 Å². The lowest BCUT2D eigenvalue weighted by molar-refractivity contribution is -0.130. The van der Waals surface area contributed by atoms with Gasteiger partial charge in [0.05, 0.1) is 35.7 Å². The molecule has 3 amide bonds. The van der Waals surface area contributed by atoms with E-state index in [1.54, 1.807) is 49.5 Å². The van der Waals surface area contributed by atoms with E-state index in [1.807, 2.05) is 38.3 Å². The summed E-state index contributed by atoms with van der Waals surface area (Å²) in [7, 11) is 1.84. The number of Topliss-reactive ketones (excluding diaryl/α,β-unsaturated/α-hetero) is 1. The zero-order valence-corrected chi connectivity index (χ0v) is 22.3. The van der Waals surface area contributed by atoms with Gasteiger partial charge >= 0.3 is 6.03 Å². The molecule has 1 aliphatic heterocycles. The summed E-state index contributed by atoms with van der Waals surface area (Å²) in [5.74, 6) is -0.870. The smallest absolute Gasteiger partial charge is 0.321 e. The number of carbonyl (C=O) groups is 3. The number of rotatable bonds is 9. The molecule has 0 fully saturated rings. The molecular weight excluding hydrogens is 496 g/mol. The molecular formula is C29H34N6O4. The number of hydrogen-bond donors (Lipinski definition) is 4. The Morgan fingerprint density at radius 3 is 2.64 bits per heavy atom. The van der Waals surface area contributed by atoms with Crippen molar-refractivity contribution in [1.82, 2.24) is 20.9 Å². The van der Waals surface area contributed by atoms with Crippen molar-refractivity contribution >= 4 is 29.1 Å². The van der Waals surface area contributed by atoms with Gasteiger partial charge in [-0.3, -0.25) is 14.6 Å². The number of aliphatic hydroxyl groups excluding tert-OH is 1. The van der Waals surface area contributed by atoms with Crippen molar-refractivity contribution in [3.8, 4) is 0 Å². The molecule has 4 rings (SSSR count). The largest absolute Gasteiger partial charge is 0.395 e. The number of aromatic nitrogens is 1. The lowest BCUT2D eigenvalue weighted by Gasteiger charge is -2.30. The monoisotopic (exact) mass is 530 g/mol.